The molecule has 1 heterocycles. The fourth-order valence-electron chi connectivity index (χ4n) is 2.98. The van der Waals surface area contributed by atoms with Crippen molar-refractivity contribution in [1.29, 1.82) is 0 Å². The number of halogens is 1. The summed E-state index contributed by atoms with van der Waals surface area (Å²) in [6.07, 6.45) is 0. The maximum Gasteiger partial charge on any atom is 0.414 e. The van der Waals surface area contributed by atoms with Gasteiger partial charge >= 0.3 is 11.9 Å². The number of carboxylic acid groups (broad SMARTS) is 2. The van der Waals surface area contributed by atoms with Crippen LogP contribution in [0.1, 0.15) is 21.5 Å². The lowest BCUT2D eigenvalue weighted by molar-refractivity contribution is -0.159. The number of amides is 1. The highest BCUT2D eigenvalue weighted by Crippen LogP contribution is 2.14. The van der Waals surface area contributed by atoms with Crippen molar-refractivity contribution in [1.82, 2.24) is 9.80 Å². The maximum atomic E-state index is 13.7. The van der Waals surface area contributed by atoms with Gasteiger partial charge in [-0.3, -0.25) is 9.69 Å². The zero-order valence-corrected chi connectivity index (χ0v) is 16.0. The first-order chi connectivity index (χ1) is 13.8. The van der Waals surface area contributed by atoms with Gasteiger partial charge in [-0.1, -0.05) is 42.0 Å². The molecule has 2 N–H and O–H groups in total. The van der Waals surface area contributed by atoms with Gasteiger partial charge in [0.25, 0.3) is 5.91 Å². The highest BCUT2D eigenvalue weighted by Gasteiger charge is 2.23. The van der Waals surface area contributed by atoms with E-state index in [1.165, 1.54) is 17.2 Å². The fourth-order valence-corrected chi connectivity index (χ4v) is 2.98. The summed E-state index contributed by atoms with van der Waals surface area (Å²) in [6.45, 7) is 5.89. The number of benzene rings is 2. The van der Waals surface area contributed by atoms with Crippen LogP contribution in [0.15, 0.2) is 48.5 Å². The van der Waals surface area contributed by atoms with E-state index in [0.29, 0.717) is 13.1 Å². The molecule has 29 heavy (non-hydrogen) atoms. The summed E-state index contributed by atoms with van der Waals surface area (Å²) in [5.41, 5.74) is 2.72. The van der Waals surface area contributed by atoms with E-state index < -0.39 is 17.8 Å². The lowest BCUT2D eigenvalue weighted by atomic mass is 10.1. The van der Waals surface area contributed by atoms with Crippen LogP contribution in [0.5, 0.6) is 0 Å². The second kappa shape index (κ2) is 10.3. The summed E-state index contributed by atoms with van der Waals surface area (Å²) >= 11 is 0. The number of hydrogen-bond acceptors (Lipinski definition) is 4. The Morgan fingerprint density at radius 1 is 0.931 bits per heavy atom. The van der Waals surface area contributed by atoms with E-state index in [1.807, 2.05) is 0 Å². The molecule has 0 saturated carbocycles. The van der Waals surface area contributed by atoms with Crippen LogP contribution in [0.3, 0.4) is 0 Å². The zero-order valence-electron chi connectivity index (χ0n) is 16.0. The van der Waals surface area contributed by atoms with E-state index in [2.05, 4.69) is 36.1 Å². The topological polar surface area (TPSA) is 98.2 Å². The molecule has 3 rings (SSSR count). The number of carboxylic acids is 2. The number of rotatable bonds is 3. The second-order valence-corrected chi connectivity index (χ2v) is 6.65. The van der Waals surface area contributed by atoms with Crippen molar-refractivity contribution < 1.29 is 29.0 Å². The van der Waals surface area contributed by atoms with Crippen LogP contribution in [0.4, 0.5) is 4.39 Å². The predicted molar refractivity (Wildman–Crippen MR) is 104 cm³/mol. The van der Waals surface area contributed by atoms with Gasteiger partial charge < -0.3 is 15.1 Å². The quantitative estimate of drug-likeness (QED) is 0.765. The fraction of sp³-hybridized carbons (Fsp3) is 0.286. The van der Waals surface area contributed by atoms with E-state index in [0.717, 1.165) is 19.6 Å². The molecule has 8 heteroatoms. The van der Waals surface area contributed by atoms with Gasteiger partial charge in [-0.15, -0.1) is 0 Å². The van der Waals surface area contributed by atoms with Crippen LogP contribution in [0.25, 0.3) is 0 Å². The van der Waals surface area contributed by atoms with Crippen molar-refractivity contribution in [2.24, 2.45) is 0 Å². The molecule has 0 bridgehead atoms. The van der Waals surface area contributed by atoms with Crippen molar-refractivity contribution in [2.45, 2.75) is 13.5 Å². The van der Waals surface area contributed by atoms with Crippen LogP contribution >= 0.6 is 0 Å². The third kappa shape index (κ3) is 6.69. The maximum absolute atomic E-state index is 13.7. The van der Waals surface area contributed by atoms with Gasteiger partial charge in [0, 0.05) is 32.7 Å². The molecule has 0 unspecified atom stereocenters. The molecule has 1 amide bonds. The van der Waals surface area contributed by atoms with Gasteiger partial charge in [0.05, 0.1) is 5.56 Å². The molecular weight excluding hydrogens is 379 g/mol. The standard InChI is InChI=1S/C19H21FN2O.C2H2O4/c1-15-5-4-6-16(13-15)14-21-9-11-22(12-10-21)19(23)17-7-2-3-8-18(17)20;3-1(4)2(5)6/h2-8,13H,9-12,14H2,1H3;(H,3,4)(H,5,6). The van der Waals surface area contributed by atoms with Gasteiger partial charge in [0.15, 0.2) is 0 Å². The average Bonchev–Trinajstić information content (AvgIpc) is 2.69. The molecule has 0 radical (unpaired) electrons. The number of carbonyl (C=O) groups excluding carboxylic acids is 1. The van der Waals surface area contributed by atoms with Crippen molar-refractivity contribution >= 4 is 17.8 Å². The number of piperazine rings is 1. The largest absolute Gasteiger partial charge is 0.473 e. The van der Waals surface area contributed by atoms with E-state index in [1.54, 1.807) is 23.1 Å². The molecule has 7 nitrogen and oxygen atoms in total. The lowest BCUT2D eigenvalue weighted by Gasteiger charge is -2.34. The first-order valence-electron chi connectivity index (χ1n) is 9.06. The molecule has 0 aromatic heterocycles. The summed E-state index contributed by atoms with van der Waals surface area (Å²) < 4.78 is 13.7. The minimum atomic E-state index is -1.82. The third-order valence-corrected chi connectivity index (χ3v) is 4.44. The summed E-state index contributed by atoms with van der Waals surface area (Å²) in [5.74, 6) is -4.30. The van der Waals surface area contributed by atoms with Crippen LogP contribution < -0.4 is 0 Å². The Morgan fingerprint density at radius 3 is 2.10 bits per heavy atom. The number of aryl methyl sites for hydroxylation is 1. The number of hydrogen-bond donors (Lipinski definition) is 2. The molecule has 1 aliphatic rings. The van der Waals surface area contributed by atoms with E-state index >= 15 is 0 Å². The van der Waals surface area contributed by atoms with Gasteiger partial charge in [0.2, 0.25) is 0 Å². The molecule has 1 fully saturated rings. The smallest absolute Gasteiger partial charge is 0.414 e. The summed E-state index contributed by atoms with van der Waals surface area (Å²) in [4.78, 5) is 34.7. The van der Waals surface area contributed by atoms with Crippen LogP contribution in [-0.2, 0) is 16.1 Å². The van der Waals surface area contributed by atoms with Crippen molar-refractivity contribution in [3.63, 3.8) is 0 Å². The van der Waals surface area contributed by atoms with E-state index in [4.69, 9.17) is 19.8 Å². The Bertz CT molecular complexity index is 867. The molecule has 154 valence electrons. The minimum absolute atomic E-state index is 0.166. The highest BCUT2D eigenvalue weighted by molar-refractivity contribution is 6.27. The van der Waals surface area contributed by atoms with Gasteiger partial charge in [0.1, 0.15) is 5.82 Å². The Kier molecular flexibility index (Phi) is 7.85. The van der Waals surface area contributed by atoms with E-state index in [-0.39, 0.29) is 11.5 Å². The zero-order chi connectivity index (χ0) is 21.4. The average molecular weight is 402 g/mol. The van der Waals surface area contributed by atoms with Crippen molar-refractivity contribution in [2.75, 3.05) is 26.2 Å². The number of aliphatic carboxylic acids is 2. The van der Waals surface area contributed by atoms with E-state index in [9.17, 15) is 9.18 Å². The van der Waals surface area contributed by atoms with Crippen LogP contribution in [0, 0.1) is 12.7 Å². The summed E-state index contributed by atoms with van der Waals surface area (Å²) in [6, 6.07) is 14.7. The number of carbonyl (C=O) groups is 3. The van der Waals surface area contributed by atoms with Gasteiger partial charge in [-0.2, -0.15) is 0 Å². The third-order valence-electron chi connectivity index (χ3n) is 4.44. The van der Waals surface area contributed by atoms with Crippen molar-refractivity contribution in [3.8, 4) is 0 Å². The molecule has 0 atom stereocenters. The Morgan fingerprint density at radius 2 is 1.55 bits per heavy atom. The molecule has 1 aliphatic heterocycles. The minimum Gasteiger partial charge on any atom is -0.473 e. The normalized spacial score (nSPS) is 13.9. The van der Waals surface area contributed by atoms with Crippen LogP contribution in [0.2, 0.25) is 0 Å². The monoisotopic (exact) mass is 402 g/mol. The Labute approximate surface area is 168 Å². The van der Waals surface area contributed by atoms with Gasteiger partial charge in [-0.05, 0) is 24.6 Å². The number of nitrogens with zero attached hydrogens (tertiary/aromatic N) is 2. The molecule has 2 aromatic carbocycles. The molecule has 0 aliphatic carbocycles. The second-order valence-electron chi connectivity index (χ2n) is 6.65. The molecule has 0 spiro atoms. The highest BCUT2D eigenvalue weighted by atomic mass is 19.1. The summed E-state index contributed by atoms with van der Waals surface area (Å²) in [5, 5.41) is 14.8. The first-order valence-corrected chi connectivity index (χ1v) is 9.06. The molecule has 1 saturated heterocycles. The molecule has 2 aromatic rings. The molecular formula is C21H23FN2O5. The SMILES string of the molecule is Cc1cccc(CN2CCN(C(=O)c3ccccc3F)CC2)c1.O=C(O)C(=O)O. The first kappa shape index (κ1) is 22.0. The summed E-state index contributed by atoms with van der Waals surface area (Å²) in [7, 11) is 0. The van der Waals surface area contributed by atoms with Crippen LogP contribution in [-0.4, -0.2) is 64.0 Å². The Hall–Kier alpha value is -3.26. The lowest BCUT2D eigenvalue weighted by Crippen LogP contribution is -2.48. The van der Waals surface area contributed by atoms with Gasteiger partial charge in [-0.25, -0.2) is 14.0 Å². The van der Waals surface area contributed by atoms with Crippen molar-refractivity contribution in [3.05, 3.63) is 71.0 Å². The predicted octanol–water partition coefficient (Wildman–Crippen LogP) is 2.25. The Balaban J connectivity index is 0.000000438.